The summed E-state index contributed by atoms with van der Waals surface area (Å²) in [5.74, 6) is 0.183. The summed E-state index contributed by atoms with van der Waals surface area (Å²) in [5, 5.41) is 9.36. The lowest BCUT2D eigenvalue weighted by atomic mass is 10.2. The monoisotopic (exact) mass is 213 g/mol. The van der Waals surface area contributed by atoms with Gasteiger partial charge in [-0.25, -0.2) is 0 Å². The Bertz CT molecular complexity index is 296. The quantitative estimate of drug-likeness (QED) is 0.778. The van der Waals surface area contributed by atoms with Crippen molar-refractivity contribution in [3.63, 3.8) is 0 Å². The molecule has 0 radical (unpaired) electrons. The van der Waals surface area contributed by atoms with E-state index in [9.17, 15) is 5.11 Å². The third kappa shape index (κ3) is 1.43. The van der Waals surface area contributed by atoms with Gasteiger partial charge in [-0.3, -0.25) is 4.98 Å². The molecule has 58 valence electrons. The summed E-state index contributed by atoms with van der Waals surface area (Å²) in [5.41, 5.74) is 1.41. The average molecular weight is 214 g/mol. The van der Waals surface area contributed by atoms with Crippen LogP contribution in [0.15, 0.2) is 17.2 Å². The molecule has 0 amide bonds. The molecule has 1 rings (SSSR count). The molecule has 0 saturated carbocycles. The number of hydrogen-bond donors (Lipinski definition) is 1. The molecule has 1 heterocycles. The van der Waals surface area contributed by atoms with E-state index < -0.39 is 0 Å². The lowest BCUT2D eigenvalue weighted by Crippen LogP contribution is -1.85. The van der Waals surface area contributed by atoms with E-state index in [2.05, 4.69) is 27.5 Å². The first-order chi connectivity index (χ1) is 5.16. The van der Waals surface area contributed by atoms with Gasteiger partial charge in [0.15, 0.2) is 5.75 Å². The maximum Gasteiger partial charge on any atom is 0.151 e. The minimum atomic E-state index is 0.183. The van der Waals surface area contributed by atoms with E-state index in [-0.39, 0.29) is 5.75 Å². The van der Waals surface area contributed by atoms with Gasteiger partial charge in [-0.1, -0.05) is 12.7 Å². The molecular formula is C8H8BrNO. The first-order valence-corrected chi connectivity index (χ1v) is 3.92. The van der Waals surface area contributed by atoms with E-state index in [4.69, 9.17) is 0 Å². The molecule has 2 nitrogen and oxygen atoms in total. The van der Waals surface area contributed by atoms with E-state index in [1.165, 1.54) is 0 Å². The molecule has 1 aromatic rings. The number of aromatic nitrogens is 1. The molecule has 0 aromatic carbocycles. The third-order valence-electron chi connectivity index (χ3n) is 1.42. The fourth-order valence-corrected chi connectivity index (χ4v) is 1.27. The normalized spacial score (nSPS) is 9.64. The first kappa shape index (κ1) is 8.27. The molecule has 0 atom stereocenters. The standard InChI is InChI=1S/C8H8BrNO/c1-3-6-4-10-5(2)8(11)7(6)9/h3-4,11H,1H2,2H3. The second kappa shape index (κ2) is 3.05. The van der Waals surface area contributed by atoms with Gasteiger partial charge in [-0.15, -0.1) is 0 Å². The summed E-state index contributed by atoms with van der Waals surface area (Å²) in [4.78, 5) is 3.96. The third-order valence-corrected chi connectivity index (χ3v) is 2.25. The van der Waals surface area contributed by atoms with E-state index in [1.54, 1.807) is 19.2 Å². The fourth-order valence-electron chi connectivity index (χ4n) is 0.722. The molecule has 0 spiro atoms. The van der Waals surface area contributed by atoms with Crippen molar-refractivity contribution >= 4 is 22.0 Å². The van der Waals surface area contributed by atoms with E-state index in [1.807, 2.05) is 0 Å². The summed E-state index contributed by atoms with van der Waals surface area (Å²) in [6.07, 6.45) is 3.29. The molecule has 11 heavy (non-hydrogen) atoms. The molecule has 3 heteroatoms. The van der Waals surface area contributed by atoms with Crippen LogP contribution >= 0.6 is 15.9 Å². The summed E-state index contributed by atoms with van der Waals surface area (Å²) in [6, 6.07) is 0. The molecule has 0 aliphatic heterocycles. The second-order valence-electron chi connectivity index (χ2n) is 2.17. The van der Waals surface area contributed by atoms with Crippen LogP contribution in [-0.2, 0) is 0 Å². The van der Waals surface area contributed by atoms with Crippen LogP contribution in [0.3, 0.4) is 0 Å². The summed E-state index contributed by atoms with van der Waals surface area (Å²) in [6.45, 7) is 5.32. The lowest BCUT2D eigenvalue weighted by molar-refractivity contribution is 0.464. The highest BCUT2D eigenvalue weighted by Crippen LogP contribution is 2.29. The van der Waals surface area contributed by atoms with Crippen LogP contribution in [0.4, 0.5) is 0 Å². The number of aromatic hydroxyl groups is 1. The van der Waals surface area contributed by atoms with Gasteiger partial charge in [0.1, 0.15) is 0 Å². The van der Waals surface area contributed by atoms with Crippen molar-refractivity contribution in [1.29, 1.82) is 0 Å². The van der Waals surface area contributed by atoms with Crippen LogP contribution in [0.1, 0.15) is 11.3 Å². The van der Waals surface area contributed by atoms with Crippen molar-refractivity contribution in [2.24, 2.45) is 0 Å². The zero-order valence-corrected chi connectivity index (χ0v) is 7.72. The Morgan fingerprint density at radius 3 is 2.91 bits per heavy atom. The Kier molecular flexibility index (Phi) is 2.29. The summed E-state index contributed by atoms with van der Waals surface area (Å²) >= 11 is 3.23. The molecule has 1 aromatic heterocycles. The molecular weight excluding hydrogens is 206 g/mol. The van der Waals surface area contributed by atoms with E-state index >= 15 is 0 Å². The van der Waals surface area contributed by atoms with Gasteiger partial charge in [0.2, 0.25) is 0 Å². The Balaban J connectivity index is 3.36. The first-order valence-electron chi connectivity index (χ1n) is 3.13. The highest BCUT2D eigenvalue weighted by atomic mass is 79.9. The van der Waals surface area contributed by atoms with Crippen LogP contribution in [0.5, 0.6) is 5.75 Å². The van der Waals surface area contributed by atoms with Gasteiger partial charge in [-0.2, -0.15) is 0 Å². The maximum absolute atomic E-state index is 9.36. The maximum atomic E-state index is 9.36. The molecule has 0 unspecified atom stereocenters. The Morgan fingerprint density at radius 1 is 1.73 bits per heavy atom. The molecule has 0 aliphatic rings. The van der Waals surface area contributed by atoms with Gasteiger partial charge in [0.05, 0.1) is 10.2 Å². The van der Waals surface area contributed by atoms with Crippen molar-refractivity contribution in [1.82, 2.24) is 4.98 Å². The zero-order chi connectivity index (χ0) is 8.43. The molecule has 0 saturated heterocycles. The molecule has 0 aliphatic carbocycles. The number of hydrogen-bond acceptors (Lipinski definition) is 2. The Labute approximate surface area is 73.7 Å². The van der Waals surface area contributed by atoms with Gasteiger partial charge in [0.25, 0.3) is 0 Å². The number of aryl methyl sites for hydroxylation is 1. The highest BCUT2D eigenvalue weighted by molar-refractivity contribution is 9.10. The van der Waals surface area contributed by atoms with Crippen LogP contribution in [-0.4, -0.2) is 10.1 Å². The summed E-state index contributed by atoms with van der Waals surface area (Å²) in [7, 11) is 0. The van der Waals surface area contributed by atoms with Gasteiger partial charge in [0, 0.05) is 11.8 Å². The lowest BCUT2D eigenvalue weighted by Gasteiger charge is -2.02. The average Bonchev–Trinajstić information content (AvgIpc) is 2.01. The number of nitrogens with zero attached hydrogens (tertiary/aromatic N) is 1. The van der Waals surface area contributed by atoms with Gasteiger partial charge >= 0.3 is 0 Å². The van der Waals surface area contributed by atoms with Crippen molar-refractivity contribution in [2.45, 2.75) is 6.92 Å². The predicted molar refractivity (Wildman–Crippen MR) is 48.4 cm³/mol. The second-order valence-corrected chi connectivity index (χ2v) is 2.96. The van der Waals surface area contributed by atoms with Gasteiger partial charge in [-0.05, 0) is 22.9 Å². The topological polar surface area (TPSA) is 33.1 Å². The van der Waals surface area contributed by atoms with E-state index in [0.717, 1.165) is 5.56 Å². The molecule has 0 bridgehead atoms. The molecule has 0 fully saturated rings. The van der Waals surface area contributed by atoms with Gasteiger partial charge < -0.3 is 5.11 Å². The fraction of sp³-hybridized carbons (Fsp3) is 0.125. The van der Waals surface area contributed by atoms with Crippen LogP contribution in [0.2, 0.25) is 0 Å². The zero-order valence-electron chi connectivity index (χ0n) is 6.13. The van der Waals surface area contributed by atoms with Crippen molar-refractivity contribution < 1.29 is 5.11 Å². The minimum absolute atomic E-state index is 0.183. The highest BCUT2D eigenvalue weighted by Gasteiger charge is 2.05. The molecule has 1 N–H and O–H groups in total. The number of halogens is 1. The van der Waals surface area contributed by atoms with Crippen molar-refractivity contribution in [3.05, 3.63) is 28.5 Å². The number of pyridine rings is 1. The van der Waals surface area contributed by atoms with Crippen molar-refractivity contribution in [3.8, 4) is 5.75 Å². The minimum Gasteiger partial charge on any atom is -0.505 e. The van der Waals surface area contributed by atoms with Crippen molar-refractivity contribution in [2.75, 3.05) is 0 Å². The largest absolute Gasteiger partial charge is 0.505 e. The van der Waals surface area contributed by atoms with Crippen LogP contribution in [0, 0.1) is 6.92 Å². The SMILES string of the molecule is C=Cc1cnc(C)c(O)c1Br. The number of rotatable bonds is 1. The summed E-state index contributed by atoms with van der Waals surface area (Å²) < 4.78 is 0.653. The van der Waals surface area contributed by atoms with E-state index in [0.29, 0.717) is 10.2 Å². The predicted octanol–water partition coefficient (Wildman–Crippen LogP) is 2.50. The smallest absolute Gasteiger partial charge is 0.151 e. The Hall–Kier alpha value is -0.830. The van der Waals surface area contributed by atoms with Crippen LogP contribution in [0.25, 0.3) is 6.08 Å². The Morgan fingerprint density at radius 2 is 2.36 bits per heavy atom. The van der Waals surface area contributed by atoms with Crippen LogP contribution < -0.4 is 0 Å².